The zero-order chi connectivity index (χ0) is 19.8. The summed E-state index contributed by atoms with van der Waals surface area (Å²) >= 11 is 6.32. The van der Waals surface area contributed by atoms with Crippen LogP contribution in [-0.4, -0.2) is 21.1 Å². The molecule has 1 saturated heterocycles. The molecule has 0 N–H and O–H groups in total. The summed E-state index contributed by atoms with van der Waals surface area (Å²) in [5.74, 6) is 0.932. The highest BCUT2D eigenvalue weighted by Crippen LogP contribution is 2.37. The standard InChI is InChI=1S/C23H20ClN3O2/c1-15-26-20-14-25-12-10-21(20)27(15)17-8-6-16(7-9-17)22-11-13-28-23(29-22)18-4-2-3-5-19(18)24/h2-10,12,14,22-23H,11,13H2,1H3. The highest BCUT2D eigenvalue weighted by Gasteiger charge is 2.27. The molecule has 0 aliphatic carbocycles. The quantitative estimate of drug-likeness (QED) is 0.447. The van der Waals surface area contributed by atoms with Gasteiger partial charge in [-0.2, -0.15) is 0 Å². The molecule has 29 heavy (non-hydrogen) atoms. The SMILES string of the molecule is Cc1nc2cnccc2n1-c1ccc(C2CCOC(c3ccccc3Cl)O2)cc1. The number of benzene rings is 2. The minimum Gasteiger partial charge on any atom is -0.348 e. The van der Waals surface area contributed by atoms with Crippen molar-refractivity contribution in [2.24, 2.45) is 0 Å². The number of aryl methyl sites for hydroxylation is 1. The first kappa shape index (κ1) is 18.3. The lowest BCUT2D eigenvalue weighted by molar-refractivity contribution is -0.219. The molecule has 0 saturated carbocycles. The van der Waals surface area contributed by atoms with Crippen LogP contribution in [0.4, 0.5) is 0 Å². The average Bonchev–Trinajstić information content (AvgIpc) is 3.10. The van der Waals surface area contributed by atoms with E-state index in [1.54, 1.807) is 12.4 Å². The van der Waals surface area contributed by atoms with Crippen molar-refractivity contribution < 1.29 is 9.47 Å². The molecule has 146 valence electrons. The summed E-state index contributed by atoms with van der Waals surface area (Å²) in [7, 11) is 0. The molecule has 1 aliphatic heterocycles. The maximum atomic E-state index is 6.32. The minimum absolute atomic E-state index is 0.0381. The van der Waals surface area contributed by atoms with Crippen LogP contribution >= 0.6 is 11.6 Å². The Balaban J connectivity index is 1.41. The van der Waals surface area contributed by atoms with E-state index >= 15 is 0 Å². The van der Waals surface area contributed by atoms with Gasteiger partial charge in [-0.05, 0) is 36.8 Å². The van der Waals surface area contributed by atoms with Crippen molar-refractivity contribution in [3.05, 3.63) is 89.0 Å². The molecule has 0 amide bonds. The molecule has 0 radical (unpaired) electrons. The van der Waals surface area contributed by atoms with Gasteiger partial charge in [0.25, 0.3) is 0 Å². The van der Waals surface area contributed by atoms with Gasteiger partial charge >= 0.3 is 0 Å². The largest absolute Gasteiger partial charge is 0.348 e. The van der Waals surface area contributed by atoms with Gasteiger partial charge in [-0.15, -0.1) is 0 Å². The summed E-state index contributed by atoms with van der Waals surface area (Å²) in [5, 5.41) is 0.658. The van der Waals surface area contributed by atoms with Crippen molar-refractivity contribution in [3.63, 3.8) is 0 Å². The van der Waals surface area contributed by atoms with Gasteiger partial charge < -0.3 is 9.47 Å². The Kier molecular flexibility index (Phi) is 4.79. The minimum atomic E-state index is -0.450. The average molecular weight is 406 g/mol. The normalized spacial score (nSPS) is 19.5. The predicted octanol–water partition coefficient (Wildman–Crippen LogP) is 5.56. The molecular weight excluding hydrogens is 386 g/mol. The predicted molar refractivity (Wildman–Crippen MR) is 112 cm³/mol. The third kappa shape index (κ3) is 3.42. The number of hydrogen-bond donors (Lipinski definition) is 0. The molecule has 1 fully saturated rings. The lowest BCUT2D eigenvalue weighted by Gasteiger charge is -2.31. The van der Waals surface area contributed by atoms with E-state index in [0.717, 1.165) is 40.1 Å². The molecule has 5 rings (SSSR count). The Morgan fingerprint density at radius 1 is 1.07 bits per heavy atom. The molecule has 0 spiro atoms. The van der Waals surface area contributed by atoms with Crippen molar-refractivity contribution in [1.82, 2.24) is 14.5 Å². The third-order valence-electron chi connectivity index (χ3n) is 5.24. The molecule has 0 bridgehead atoms. The molecule has 6 heteroatoms. The van der Waals surface area contributed by atoms with Gasteiger partial charge in [0.1, 0.15) is 11.3 Å². The summed E-state index contributed by atoms with van der Waals surface area (Å²) in [5.41, 5.74) is 4.99. The van der Waals surface area contributed by atoms with E-state index in [1.807, 2.05) is 37.3 Å². The highest BCUT2D eigenvalue weighted by molar-refractivity contribution is 6.31. The Bertz CT molecular complexity index is 1160. The lowest BCUT2D eigenvalue weighted by Crippen LogP contribution is -2.21. The fourth-order valence-electron chi connectivity index (χ4n) is 3.83. The number of ether oxygens (including phenoxy) is 2. The zero-order valence-corrected chi connectivity index (χ0v) is 16.7. The van der Waals surface area contributed by atoms with Gasteiger partial charge in [-0.3, -0.25) is 9.55 Å². The number of aromatic nitrogens is 3. The van der Waals surface area contributed by atoms with Crippen LogP contribution in [0, 0.1) is 6.92 Å². The number of hydrogen-bond acceptors (Lipinski definition) is 4. The first-order valence-electron chi connectivity index (χ1n) is 9.61. The van der Waals surface area contributed by atoms with Crippen LogP contribution in [0.1, 0.15) is 35.8 Å². The van der Waals surface area contributed by atoms with Crippen LogP contribution in [0.15, 0.2) is 67.0 Å². The Labute approximate surface area is 173 Å². The van der Waals surface area contributed by atoms with Crippen molar-refractivity contribution in [1.29, 1.82) is 0 Å². The molecule has 2 atom stereocenters. The molecular formula is C23H20ClN3O2. The fourth-order valence-corrected chi connectivity index (χ4v) is 4.05. The van der Waals surface area contributed by atoms with E-state index in [2.05, 4.69) is 38.8 Å². The van der Waals surface area contributed by atoms with Crippen LogP contribution in [-0.2, 0) is 9.47 Å². The molecule has 1 aliphatic rings. The molecule has 2 aromatic carbocycles. The van der Waals surface area contributed by atoms with Gasteiger partial charge in [0.15, 0.2) is 6.29 Å². The van der Waals surface area contributed by atoms with E-state index in [0.29, 0.717) is 11.6 Å². The van der Waals surface area contributed by atoms with Crippen LogP contribution in [0.2, 0.25) is 5.02 Å². The van der Waals surface area contributed by atoms with Crippen LogP contribution in [0.25, 0.3) is 16.7 Å². The topological polar surface area (TPSA) is 49.2 Å². The van der Waals surface area contributed by atoms with Gasteiger partial charge in [-0.25, -0.2) is 4.98 Å². The van der Waals surface area contributed by atoms with Gasteiger partial charge in [0, 0.05) is 28.9 Å². The first-order chi connectivity index (χ1) is 14.2. The summed E-state index contributed by atoms with van der Waals surface area (Å²) < 4.78 is 14.2. The Morgan fingerprint density at radius 3 is 2.72 bits per heavy atom. The number of imidazole rings is 1. The number of rotatable bonds is 3. The number of halogens is 1. The van der Waals surface area contributed by atoms with E-state index in [1.165, 1.54) is 0 Å². The number of fused-ring (bicyclic) bond motifs is 1. The number of nitrogens with zero attached hydrogens (tertiary/aromatic N) is 3. The van der Waals surface area contributed by atoms with Crippen molar-refractivity contribution >= 4 is 22.6 Å². The van der Waals surface area contributed by atoms with Crippen LogP contribution in [0.3, 0.4) is 0 Å². The second-order valence-corrected chi connectivity index (χ2v) is 7.50. The van der Waals surface area contributed by atoms with Crippen molar-refractivity contribution in [2.45, 2.75) is 25.7 Å². The second-order valence-electron chi connectivity index (χ2n) is 7.09. The zero-order valence-electron chi connectivity index (χ0n) is 16.0. The second kappa shape index (κ2) is 7.59. The maximum absolute atomic E-state index is 6.32. The van der Waals surface area contributed by atoms with E-state index in [4.69, 9.17) is 21.1 Å². The highest BCUT2D eigenvalue weighted by atomic mass is 35.5. The Morgan fingerprint density at radius 2 is 1.90 bits per heavy atom. The van der Waals surface area contributed by atoms with Crippen molar-refractivity contribution in [3.8, 4) is 5.69 Å². The number of pyridine rings is 1. The smallest absolute Gasteiger partial charge is 0.185 e. The van der Waals surface area contributed by atoms with E-state index in [9.17, 15) is 0 Å². The van der Waals surface area contributed by atoms with Crippen molar-refractivity contribution in [2.75, 3.05) is 6.61 Å². The van der Waals surface area contributed by atoms with Crippen LogP contribution in [0.5, 0.6) is 0 Å². The Hall–Kier alpha value is -2.73. The monoisotopic (exact) mass is 405 g/mol. The molecule has 5 nitrogen and oxygen atoms in total. The molecule has 3 heterocycles. The molecule has 2 unspecified atom stereocenters. The summed E-state index contributed by atoms with van der Waals surface area (Å²) in [6.07, 6.45) is 3.90. The molecule has 4 aromatic rings. The molecule has 2 aromatic heterocycles. The fraction of sp³-hybridized carbons (Fsp3) is 0.217. The first-order valence-corrected chi connectivity index (χ1v) is 9.99. The van der Waals surface area contributed by atoms with Gasteiger partial charge in [-0.1, -0.05) is 41.9 Å². The van der Waals surface area contributed by atoms with E-state index < -0.39 is 6.29 Å². The summed E-state index contributed by atoms with van der Waals surface area (Å²) in [4.78, 5) is 8.76. The summed E-state index contributed by atoms with van der Waals surface area (Å²) in [6.45, 7) is 2.63. The maximum Gasteiger partial charge on any atom is 0.185 e. The third-order valence-corrected chi connectivity index (χ3v) is 5.59. The van der Waals surface area contributed by atoms with Gasteiger partial charge in [0.05, 0.1) is 24.4 Å². The summed E-state index contributed by atoms with van der Waals surface area (Å²) in [6, 6.07) is 18.1. The lowest BCUT2D eigenvalue weighted by atomic mass is 10.0. The van der Waals surface area contributed by atoms with E-state index in [-0.39, 0.29) is 6.10 Å². The van der Waals surface area contributed by atoms with Crippen LogP contribution < -0.4 is 0 Å². The van der Waals surface area contributed by atoms with Gasteiger partial charge in [0.2, 0.25) is 0 Å².